The Balaban J connectivity index is 2.26. The first-order valence-corrected chi connectivity index (χ1v) is 6.09. The highest BCUT2D eigenvalue weighted by atomic mass is 14.7. The summed E-state index contributed by atoms with van der Waals surface area (Å²) in [5.41, 5.74) is 2.15. The van der Waals surface area contributed by atoms with E-state index in [2.05, 4.69) is 65.6 Å². The highest BCUT2D eigenvalue weighted by Gasteiger charge is 2.05. The van der Waals surface area contributed by atoms with Gasteiger partial charge in [0.25, 0.3) is 0 Å². The van der Waals surface area contributed by atoms with E-state index >= 15 is 0 Å². The summed E-state index contributed by atoms with van der Waals surface area (Å²) in [6.45, 7) is 0. The summed E-state index contributed by atoms with van der Waals surface area (Å²) in [5, 5.41) is 4.96. The van der Waals surface area contributed by atoms with E-state index in [9.17, 15) is 0 Å². The van der Waals surface area contributed by atoms with Crippen LogP contribution in [0.15, 0.2) is 66.7 Å². The lowest BCUT2D eigenvalue weighted by Crippen LogP contribution is -1.69. The topological polar surface area (TPSA) is 12.9 Å². The molecule has 0 aliphatic carbocycles. The molecule has 0 unspecified atom stereocenters. The normalized spacial score (nSPS) is 11.3. The molecule has 18 heavy (non-hydrogen) atoms. The minimum atomic E-state index is 1.08. The predicted molar refractivity (Wildman–Crippen MR) is 76.8 cm³/mol. The molecule has 0 spiro atoms. The summed E-state index contributed by atoms with van der Waals surface area (Å²) in [4.78, 5) is 4.69. The first-order chi connectivity index (χ1) is 8.92. The van der Waals surface area contributed by atoms with Crippen molar-refractivity contribution in [1.82, 2.24) is 4.98 Å². The van der Waals surface area contributed by atoms with E-state index in [-0.39, 0.29) is 0 Å². The fraction of sp³-hybridized carbons (Fsp3) is 0. The molecule has 0 saturated heterocycles. The smallest absolute Gasteiger partial charge is 0.0722 e. The second kappa shape index (κ2) is 3.54. The van der Waals surface area contributed by atoms with Gasteiger partial charge in [-0.05, 0) is 29.0 Å². The van der Waals surface area contributed by atoms with Gasteiger partial charge in [0.15, 0.2) is 0 Å². The summed E-state index contributed by atoms with van der Waals surface area (Å²) in [6, 6.07) is 23.2. The fourth-order valence-corrected chi connectivity index (χ4v) is 2.53. The summed E-state index contributed by atoms with van der Waals surface area (Å²) in [7, 11) is 0. The number of nitrogens with zero attached hydrogens (tertiary/aromatic N) is 1. The van der Waals surface area contributed by atoms with Gasteiger partial charge < -0.3 is 0 Å². The van der Waals surface area contributed by atoms with E-state index in [1.54, 1.807) is 0 Å². The summed E-state index contributed by atoms with van der Waals surface area (Å²) in [5.74, 6) is 0. The molecule has 0 saturated carbocycles. The Hall–Kier alpha value is -2.41. The SMILES string of the molecule is c1ccc2cc3nc4ccccc4c3cc2cc1. The standard InChI is InChI=1S/C17H11N/c1-2-6-12-10-15-14-8-4-5-9-16(14)18-17(15)11-13(12)7-3-1/h1-11H. The average molecular weight is 229 g/mol. The Morgan fingerprint density at radius 2 is 1.28 bits per heavy atom. The minimum Gasteiger partial charge on any atom is -0.248 e. The molecule has 0 fully saturated rings. The van der Waals surface area contributed by atoms with Crippen LogP contribution in [0.1, 0.15) is 0 Å². The van der Waals surface area contributed by atoms with E-state index in [4.69, 9.17) is 0 Å². The fourth-order valence-electron chi connectivity index (χ4n) is 2.53. The number of fused-ring (bicyclic) bond motifs is 4. The first kappa shape index (κ1) is 9.60. The van der Waals surface area contributed by atoms with Crippen LogP contribution in [0.4, 0.5) is 0 Å². The van der Waals surface area contributed by atoms with E-state index in [0.717, 1.165) is 11.0 Å². The van der Waals surface area contributed by atoms with E-state index in [1.807, 2.05) is 6.07 Å². The molecule has 0 aliphatic heterocycles. The van der Waals surface area contributed by atoms with Crippen molar-refractivity contribution in [2.75, 3.05) is 0 Å². The molecule has 1 heterocycles. The van der Waals surface area contributed by atoms with Crippen molar-refractivity contribution in [3.63, 3.8) is 0 Å². The maximum Gasteiger partial charge on any atom is 0.0722 e. The van der Waals surface area contributed by atoms with Gasteiger partial charge in [0.05, 0.1) is 11.0 Å². The quantitative estimate of drug-likeness (QED) is 0.431. The molecule has 0 bridgehead atoms. The van der Waals surface area contributed by atoms with Crippen LogP contribution in [0.2, 0.25) is 0 Å². The summed E-state index contributed by atoms with van der Waals surface area (Å²) < 4.78 is 0. The van der Waals surface area contributed by atoms with E-state index in [0.29, 0.717) is 0 Å². The molecule has 0 radical (unpaired) electrons. The van der Waals surface area contributed by atoms with E-state index < -0.39 is 0 Å². The van der Waals surface area contributed by atoms with Crippen molar-refractivity contribution in [3.8, 4) is 0 Å². The van der Waals surface area contributed by atoms with Crippen LogP contribution in [0, 0.1) is 0 Å². The zero-order valence-electron chi connectivity index (χ0n) is 9.80. The molecule has 0 amide bonds. The number of aromatic nitrogens is 1. The lowest BCUT2D eigenvalue weighted by atomic mass is 10.1. The third kappa shape index (κ3) is 1.31. The molecule has 0 aliphatic rings. The van der Waals surface area contributed by atoms with Crippen LogP contribution >= 0.6 is 0 Å². The van der Waals surface area contributed by atoms with Crippen molar-refractivity contribution in [1.29, 1.82) is 0 Å². The molecule has 0 N–H and O–H groups in total. The molecule has 3 aromatic carbocycles. The van der Waals surface area contributed by atoms with Crippen LogP contribution < -0.4 is 0 Å². The maximum atomic E-state index is 4.69. The van der Waals surface area contributed by atoms with Crippen LogP contribution in [0.3, 0.4) is 0 Å². The number of hydrogen-bond donors (Lipinski definition) is 0. The zero-order chi connectivity index (χ0) is 11.9. The first-order valence-electron chi connectivity index (χ1n) is 6.09. The molecule has 0 atom stereocenters. The second-order valence-electron chi connectivity index (χ2n) is 4.54. The summed E-state index contributed by atoms with van der Waals surface area (Å²) in [6.07, 6.45) is 0. The molecular formula is C17H11N. The Labute approximate surface area is 105 Å². The van der Waals surface area contributed by atoms with Gasteiger partial charge in [-0.3, -0.25) is 0 Å². The van der Waals surface area contributed by atoms with Crippen LogP contribution in [0.5, 0.6) is 0 Å². The average Bonchev–Trinajstić information content (AvgIpc) is 2.59. The Morgan fingerprint density at radius 1 is 0.556 bits per heavy atom. The van der Waals surface area contributed by atoms with Gasteiger partial charge in [-0.2, -0.15) is 0 Å². The second-order valence-corrected chi connectivity index (χ2v) is 4.54. The molecule has 1 nitrogen and oxygen atoms in total. The van der Waals surface area contributed by atoms with Gasteiger partial charge >= 0.3 is 0 Å². The van der Waals surface area contributed by atoms with Gasteiger partial charge in [-0.15, -0.1) is 0 Å². The molecule has 1 heteroatoms. The Kier molecular flexibility index (Phi) is 1.89. The Morgan fingerprint density at radius 3 is 2.17 bits per heavy atom. The zero-order valence-corrected chi connectivity index (χ0v) is 9.80. The van der Waals surface area contributed by atoms with Gasteiger partial charge in [0.2, 0.25) is 0 Å². The third-order valence-electron chi connectivity index (χ3n) is 3.41. The predicted octanol–water partition coefficient (Wildman–Crippen LogP) is 4.54. The van der Waals surface area contributed by atoms with Crippen LogP contribution in [-0.4, -0.2) is 4.98 Å². The van der Waals surface area contributed by atoms with Crippen molar-refractivity contribution in [2.24, 2.45) is 0 Å². The lowest BCUT2D eigenvalue weighted by Gasteiger charge is -1.94. The lowest BCUT2D eigenvalue weighted by molar-refractivity contribution is 1.55. The van der Waals surface area contributed by atoms with Gasteiger partial charge in [0.1, 0.15) is 0 Å². The number of para-hydroxylation sites is 1. The monoisotopic (exact) mass is 229 g/mol. The van der Waals surface area contributed by atoms with Crippen molar-refractivity contribution in [3.05, 3.63) is 66.7 Å². The highest BCUT2D eigenvalue weighted by Crippen LogP contribution is 2.28. The van der Waals surface area contributed by atoms with Crippen molar-refractivity contribution >= 4 is 32.6 Å². The molecule has 84 valence electrons. The van der Waals surface area contributed by atoms with E-state index in [1.165, 1.54) is 21.5 Å². The van der Waals surface area contributed by atoms with Crippen molar-refractivity contribution in [2.45, 2.75) is 0 Å². The van der Waals surface area contributed by atoms with Gasteiger partial charge in [0, 0.05) is 10.8 Å². The number of rotatable bonds is 0. The molecule has 4 rings (SSSR count). The highest BCUT2D eigenvalue weighted by molar-refractivity contribution is 6.11. The van der Waals surface area contributed by atoms with Gasteiger partial charge in [-0.25, -0.2) is 4.98 Å². The number of hydrogen-bond acceptors (Lipinski definition) is 1. The third-order valence-corrected chi connectivity index (χ3v) is 3.41. The number of benzene rings is 2. The van der Waals surface area contributed by atoms with Crippen LogP contribution in [0.25, 0.3) is 32.6 Å². The van der Waals surface area contributed by atoms with Crippen molar-refractivity contribution < 1.29 is 0 Å². The minimum absolute atomic E-state index is 1.08. The molecular weight excluding hydrogens is 218 g/mol. The molecule has 4 aromatic rings. The maximum absolute atomic E-state index is 4.69. The van der Waals surface area contributed by atoms with Crippen LogP contribution in [-0.2, 0) is 0 Å². The van der Waals surface area contributed by atoms with Gasteiger partial charge in [-0.1, -0.05) is 48.5 Å². The molecule has 1 aromatic heterocycles. The Bertz CT molecular complexity index is 878. The summed E-state index contributed by atoms with van der Waals surface area (Å²) >= 11 is 0. The largest absolute Gasteiger partial charge is 0.248 e.